The lowest BCUT2D eigenvalue weighted by Crippen LogP contribution is -2.53. The van der Waals surface area contributed by atoms with Gasteiger partial charge in [0.15, 0.2) is 0 Å². The zero-order valence-corrected chi connectivity index (χ0v) is 16.2. The fourth-order valence-corrected chi connectivity index (χ4v) is 8.55. The van der Waals surface area contributed by atoms with Crippen molar-refractivity contribution in [2.24, 2.45) is 46.3 Å². The number of hydrogen-bond donors (Lipinski definition) is 0. The van der Waals surface area contributed by atoms with Crippen molar-refractivity contribution < 1.29 is 0 Å². The Kier molecular flexibility index (Phi) is 4.13. The zero-order valence-electron chi connectivity index (χ0n) is 16.2. The predicted molar refractivity (Wildman–Crippen MR) is 99.3 cm³/mol. The lowest BCUT2D eigenvalue weighted by molar-refractivity contribution is -0.114. The highest BCUT2D eigenvalue weighted by Gasteiger charge is 2.59. The minimum absolute atomic E-state index is 0.689. The molecule has 4 rings (SSSR count). The maximum Gasteiger partial charge on any atom is -0.0264 e. The second kappa shape index (κ2) is 5.77. The molecule has 0 spiro atoms. The summed E-state index contributed by atoms with van der Waals surface area (Å²) in [6.07, 6.45) is 16.9. The van der Waals surface area contributed by atoms with E-state index >= 15 is 0 Å². The number of fused-ring (bicyclic) bond motifs is 5. The van der Waals surface area contributed by atoms with Crippen molar-refractivity contribution in [3.8, 4) is 0 Å². The van der Waals surface area contributed by atoms with Gasteiger partial charge in [-0.15, -0.1) is 0 Å². The van der Waals surface area contributed by atoms with Crippen LogP contribution in [-0.2, 0) is 0 Å². The molecule has 4 fully saturated rings. The van der Waals surface area contributed by atoms with Gasteiger partial charge in [-0.1, -0.05) is 47.0 Å². The van der Waals surface area contributed by atoms with Crippen LogP contribution in [0.15, 0.2) is 0 Å². The van der Waals surface area contributed by atoms with E-state index in [4.69, 9.17) is 0 Å². The van der Waals surface area contributed by atoms with E-state index < -0.39 is 0 Å². The molecule has 0 saturated heterocycles. The maximum absolute atomic E-state index is 2.72. The summed E-state index contributed by atoms with van der Waals surface area (Å²) in [7, 11) is 0. The molecule has 0 radical (unpaired) electrons. The van der Waals surface area contributed by atoms with E-state index in [1.165, 1.54) is 19.3 Å². The molecular formula is C23H40. The SMILES string of the molecule is CCC(C)[C@H]1CC[C@H]2[C@@H]3CCC4CCCC[C@]4(C)[C@H]3CC[C@]12C. The highest BCUT2D eigenvalue weighted by molar-refractivity contribution is 5.09. The lowest BCUT2D eigenvalue weighted by Gasteiger charge is -2.61. The van der Waals surface area contributed by atoms with Crippen molar-refractivity contribution in [3.05, 3.63) is 0 Å². The third kappa shape index (κ3) is 2.29. The summed E-state index contributed by atoms with van der Waals surface area (Å²) in [5, 5.41) is 0. The van der Waals surface area contributed by atoms with E-state index in [0.29, 0.717) is 5.41 Å². The van der Waals surface area contributed by atoms with Crippen LogP contribution in [0.5, 0.6) is 0 Å². The molecule has 4 aliphatic carbocycles. The van der Waals surface area contributed by atoms with Gasteiger partial charge in [-0.25, -0.2) is 0 Å². The molecule has 8 atom stereocenters. The van der Waals surface area contributed by atoms with E-state index in [9.17, 15) is 0 Å². The first kappa shape index (κ1) is 16.5. The van der Waals surface area contributed by atoms with Crippen molar-refractivity contribution in [1.29, 1.82) is 0 Å². The molecule has 0 aromatic rings. The summed E-state index contributed by atoms with van der Waals surface area (Å²) < 4.78 is 0. The van der Waals surface area contributed by atoms with E-state index in [0.717, 1.165) is 40.9 Å². The summed E-state index contributed by atoms with van der Waals surface area (Å²) in [4.78, 5) is 0. The Hall–Kier alpha value is 0. The molecule has 0 heterocycles. The van der Waals surface area contributed by atoms with Crippen molar-refractivity contribution >= 4 is 0 Å². The summed E-state index contributed by atoms with van der Waals surface area (Å²) >= 11 is 0. The summed E-state index contributed by atoms with van der Waals surface area (Å²) in [6.45, 7) is 10.4. The molecule has 0 aliphatic heterocycles. The van der Waals surface area contributed by atoms with Crippen molar-refractivity contribution in [2.75, 3.05) is 0 Å². The Morgan fingerprint density at radius 3 is 2.39 bits per heavy atom. The molecular weight excluding hydrogens is 276 g/mol. The standard InChI is InChI=1S/C23H40/c1-5-16(2)19-11-12-20-18-10-9-17-8-6-7-14-22(17,3)21(18)13-15-23(19,20)4/h16-21H,5-15H2,1-4H3/t16?,17?,18-,19+,20-,21-,22-,23+/m0/s1. The van der Waals surface area contributed by atoms with Crippen LogP contribution in [0.3, 0.4) is 0 Å². The molecule has 0 aromatic carbocycles. The second-order valence-electron chi connectivity index (χ2n) is 10.5. The van der Waals surface area contributed by atoms with Crippen molar-refractivity contribution in [3.63, 3.8) is 0 Å². The van der Waals surface area contributed by atoms with Gasteiger partial charge in [-0.05, 0) is 97.7 Å². The van der Waals surface area contributed by atoms with E-state index in [1.54, 1.807) is 51.4 Å². The Labute approximate surface area is 145 Å². The number of hydrogen-bond acceptors (Lipinski definition) is 0. The fourth-order valence-electron chi connectivity index (χ4n) is 8.55. The van der Waals surface area contributed by atoms with Crippen molar-refractivity contribution in [2.45, 2.75) is 98.3 Å². The lowest BCUT2D eigenvalue weighted by atomic mass is 9.44. The molecule has 0 aromatic heterocycles. The molecule has 0 amide bonds. The van der Waals surface area contributed by atoms with Crippen LogP contribution in [0.4, 0.5) is 0 Å². The van der Waals surface area contributed by atoms with Crippen molar-refractivity contribution in [1.82, 2.24) is 0 Å². The first-order chi connectivity index (χ1) is 11.0. The number of rotatable bonds is 2. The molecule has 4 aliphatic rings. The molecule has 0 nitrogen and oxygen atoms in total. The van der Waals surface area contributed by atoms with Crippen LogP contribution in [-0.4, -0.2) is 0 Å². The highest BCUT2D eigenvalue weighted by Crippen LogP contribution is 2.68. The largest absolute Gasteiger partial charge is 0.0651 e. The second-order valence-corrected chi connectivity index (χ2v) is 10.5. The van der Waals surface area contributed by atoms with Gasteiger partial charge in [0.05, 0.1) is 0 Å². The summed E-state index contributed by atoms with van der Waals surface area (Å²) in [5.74, 6) is 6.28. The summed E-state index contributed by atoms with van der Waals surface area (Å²) in [6, 6.07) is 0. The van der Waals surface area contributed by atoms with Gasteiger partial charge in [0, 0.05) is 0 Å². The van der Waals surface area contributed by atoms with Crippen LogP contribution in [0.2, 0.25) is 0 Å². The van der Waals surface area contributed by atoms with Crippen LogP contribution >= 0.6 is 0 Å². The van der Waals surface area contributed by atoms with Gasteiger partial charge in [0.1, 0.15) is 0 Å². The summed E-state index contributed by atoms with van der Waals surface area (Å²) in [5.41, 5.74) is 1.41. The van der Waals surface area contributed by atoms with Crippen LogP contribution in [0.1, 0.15) is 98.3 Å². The van der Waals surface area contributed by atoms with Crippen LogP contribution in [0.25, 0.3) is 0 Å². The topological polar surface area (TPSA) is 0 Å². The molecule has 4 saturated carbocycles. The smallest absolute Gasteiger partial charge is 0.0264 e. The monoisotopic (exact) mass is 316 g/mol. The molecule has 2 unspecified atom stereocenters. The first-order valence-corrected chi connectivity index (χ1v) is 11.0. The third-order valence-electron chi connectivity index (χ3n) is 9.99. The first-order valence-electron chi connectivity index (χ1n) is 11.0. The van der Waals surface area contributed by atoms with Gasteiger partial charge in [-0.3, -0.25) is 0 Å². The van der Waals surface area contributed by atoms with Gasteiger partial charge >= 0.3 is 0 Å². The average molecular weight is 317 g/mol. The van der Waals surface area contributed by atoms with E-state index in [1.807, 2.05) is 0 Å². The van der Waals surface area contributed by atoms with E-state index in [2.05, 4.69) is 27.7 Å². The van der Waals surface area contributed by atoms with Crippen LogP contribution < -0.4 is 0 Å². The Morgan fingerprint density at radius 2 is 1.61 bits per heavy atom. The third-order valence-corrected chi connectivity index (χ3v) is 9.99. The van der Waals surface area contributed by atoms with Gasteiger partial charge < -0.3 is 0 Å². The molecule has 0 N–H and O–H groups in total. The minimum Gasteiger partial charge on any atom is -0.0651 e. The molecule has 23 heavy (non-hydrogen) atoms. The van der Waals surface area contributed by atoms with Gasteiger partial charge in [0.25, 0.3) is 0 Å². The van der Waals surface area contributed by atoms with Crippen LogP contribution in [0, 0.1) is 46.3 Å². The predicted octanol–water partition coefficient (Wildman–Crippen LogP) is 7.08. The fraction of sp³-hybridized carbons (Fsp3) is 1.00. The maximum atomic E-state index is 2.72. The van der Waals surface area contributed by atoms with Gasteiger partial charge in [-0.2, -0.15) is 0 Å². The quantitative estimate of drug-likeness (QED) is 0.510. The normalized spacial score (nSPS) is 54.0. The van der Waals surface area contributed by atoms with Gasteiger partial charge in [0.2, 0.25) is 0 Å². The average Bonchev–Trinajstić information content (AvgIpc) is 2.91. The minimum atomic E-state index is 0.689. The molecule has 0 heteroatoms. The Balaban J connectivity index is 1.60. The Bertz CT molecular complexity index is 439. The Morgan fingerprint density at radius 1 is 0.826 bits per heavy atom. The zero-order chi connectivity index (χ0) is 16.2. The van der Waals surface area contributed by atoms with E-state index in [-0.39, 0.29) is 0 Å². The molecule has 0 bridgehead atoms. The highest BCUT2D eigenvalue weighted by atomic mass is 14.6. The molecule has 132 valence electrons.